The van der Waals surface area contributed by atoms with Gasteiger partial charge in [-0.3, -0.25) is 10.1 Å². The number of aromatic carboxylic acids is 1. The smallest absolute Gasteiger partial charge is 0.339 e. The van der Waals surface area contributed by atoms with Gasteiger partial charge in [0, 0.05) is 12.6 Å². The lowest BCUT2D eigenvalue weighted by Gasteiger charge is -2.17. The summed E-state index contributed by atoms with van der Waals surface area (Å²) in [4.78, 5) is 24.8. The van der Waals surface area contributed by atoms with E-state index in [1.807, 2.05) is 6.92 Å². The van der Waals surface area contributed by atoms with Crippen LogP contribution in [0, 0.1) is 22.0 Å². The Balaban J connectivity index is 2.94. The van der Waals surface area contributed by atoms with Crippen molar-refractivity contribution in [2.24, 2.45) is 11.8 Å². The number of carbonyl (C=O) groups is 1. The molecule has 19 heavy (non-hydrogen) atoms. The van der Waals surface area contributed by atoms with Crippen LogP contribution >= 0.6 is 0 Å². The quantitative estimate of drug-likeness (QED) is 0.605. The van der Waals surface area contributed by atoms with Gasteiger partial charge in [-0.1, -0.05) is 20.8 Å². The molecular formula is C12H17N3O4. The molecule has 0 amide bonds. The fraction of sp³-hybridized carbons (Fsp3) is 0.500. The second-order valence-electron chi connectivity index (χ2n) is 4.75. The standard InChI is InChI=1S/C12H17N3O4/c1-7(2)8(3)5-13-11-10(12(16)17)4-9(6-14-11)15(18)19/h4,6-8H,5H2,1-3H3,(H,13,14)(H,16,17). The molecule has 1 heterocycles. The number of anilines is 1. The van der Waals surface area contributed by atoms with E-state index in [0.717, 1.165) is 12.3 Å². The summed E-state index contributed by atoms with van der Waals surface area (Å²) in [5.74, 6) is -0.307. The molecule has 104 valence electrons. The summed E-state index contributed by atoms with van der Waals surface area (Å²) in [6, 6.07) is 1.01. The van der Waals surface area contributed by atoms with Crippen molar-refractivity contribution < 1.29 is 14.8 Å². The summed E-state index contributed by atoms with van der Waals surface area (Å²) in [7, 11) is 0. The van der Waals surface area contributed by atoms with E-state index in [4.69, 9.17) is 5.11 Å². The summed E-state index contributed by atoms with van der Waals surface area (Å²) in [6.45, 7) is 6.72. The van der Waals surface area contributed by atoms with E-state index in [2.05, 4.69) is 24.1 Å². The molecule has 0 bridgehead atoms. The molecule has 1 aromatic rings. The van der Waals surface area contributed by atoms with Crippen molar-refractivity contribution >= 4 is 17.5 Å². The van der Waals surface area contributed by atoms with Crippen LogP contribution in [-0.2, 0) is 0 Å². The average Bonchev–Trinajstić information content (AvgIpc) is 2.35. The van der Waals surface area contributed by atoms with Crippen LogP contribution in [0.1, 0.15) is 31.1 Å². The summed E-state index contributed by atoms with van der Waals surface area (Å²) < 4.78 is 0. The number of rotatable bonds is 6. The van der Waals surface area contributed by atoms with Crippen molar-refractivity contribution in [1.82, 2.24) is 4.98 Å². The van der Waals surface area contributed by atoms with Crippen molar-refractivity contribution in [2.75, 3.05) is 11.9 Å². The van der Waals surface area contributed by atoms with E-state index in [1.54, 1.807) is 0 Å². The van der Waals surface area contributed by atoms with Crippen LogP contribution in [-0.4, -0.2) is 27.5 Å². The second-order valence-corrected chi connectivity index (χ2v) is 4.75. The summed E-state index contributed by atoms with van der Waals surface area (Å²) in [5.41, 5.74) is -0.523. The first-order valence-corrected chi connectivity index (χ1v) is 5.94. The van der Waals surface area contributed by atoms with Crippen LogP contribution in [0.25, 0.3) is 0 Å². The minimum atomic E-state index is -1.24. The first-order valence-electron chi connectivity index (χ1n) is 5.94. The highest BCUT2D eigenvalue weighted by molar-refractivity contribution is 5.93. The highest BCUT2D eigenvalue weighted by Gasteiger charge is 2.18. The lowest BCUT2D eigenvalue weighted by atomic mass is 9.98. The summed E-state index contributed by atoms with van der Waals surface area (Å²) in [6.07, 6.45) is 1.05. The fourth-order valence-electron chi connectivity index (χ4n) is 1.35. The van der Waals surface area contributed by atoms with Gasteiger partial charge in [-0.15, -0.1) is 0 Å². The Morgan fingerprint density at radius 3 is 2.63 bits per heavy atom. The van der Waals surface area contributed by atoms with Gasteiger partial charge in [0.05, 0.1) is 4.92 Å². The zero-order valence-electron chi connectivity index (χ0n) is 11.1. The van der Waals surface area contributed by atoms with Crippen LogP contribution in [0.4, 0.5) is 11.5 Å². The molecule has 7 heteroatoms. The Morgan fingerprint density at radius 1 is 1.53 bits per heavy atom. The van der Waals surface area contributed by atoms with Gasteiger partial charge in [0.15, 0.2) is 0 Å². The molecular weight excluding hydrogens is 250 g/mol. The molecule has 2 N–H and O–H groups in total. The third kappa shape index (κ3) is 3.90. The maximum Gasteiger partial charge on any atom is 0.339 e. The van der Waals surface area contributed by atoms with E-state index in [1.165, 1.54) is 0 Å². The number of hydrogen-bond donors (Lipinski definition) is 2. The number of nitrogens with one attached hydrogen (secondary N) is 1. The molecule has 1 rings (SSSR count). The van der Waals surface area contributed by atoms with Gasteiger partial charge in [0.2, 0.25) is 0 Å². The van der Waals surface area contributed by atoms with Crippen LogP contribution in [0.2, 0.25) is 0 Å². The topological polar surface area (TPSA) is 105 Å². The molecule has 0 aliphatic heterocycles. The van der Waals surface area contributed by atoms with E-state index >= 15 is 0 Å². The zero-order valence-corrected chi connectivity index (χ0v) is 11.1. The fourth-order valence-corrected chi connectivity index (χ4v) is 1.35. The van der Waals surface area contributed by atoms with E-state index < -0.39 is 10.9 Å². The predicted octanol–water partition coefficient (Wildman–Crippen LogP) is 2.39. The van der Waals surface area contributed by atoms with Crippen LogP contribution in [0.5, 0.6) is 0 Å². The number of pyridine rings is 1. The Kier molecular flexibility index (Phi) is 4.80. The molecule has 7 nitrogen and oxygen atoms in total. The second kappa shape index (κ2) is 6.12. The van der Waals surface area contributed by atoms with Gasteiger partial charge in [0.1, 0.15) is 17.6 Å². The van der Waals surface area contributed by atoms with E-state index in [9.17, 15) is 14.9 Å². The Morgan fingerprint density at radius 2 is 2.16 bits per heavy atom. The van der Waals surface area contributed by atoms with Gasteiger partial charge in [-0.05, 0) is 11.8 Å². The largest absolute Gasteiger partial charge is 0.478 e. The molecule has 0 aromatic carbocycles. The van der Waals surface area contributed by atoms with Crippen LogP contribution in [0.3, 0.4) is 0 Å². The van der Waals surface area contributed by atoms with Crippen molar-refractivity contribution in [1.29, 1.82) is 0 Å². The number of nitro groups is 1. The molecule has 0 aliphatic carbocycles. The molecule has 0 saturated carbocycles. The average molecular weight is 267 g/mol. The predicted molar refractivity (Wildman–Crippen MR) is 70.3 cm³/mol. The third-order valence-corrected chi connectivity index (χ3v) is 3.04. The number of aromatic nitrogens is 1. The summed E-state index contributed by atoms with van der Waals surface area (Å²) >= 11 is 0. The molecule has 1 aromatic heterocycles. The molecule has 1 unspecified atom stereocenters. The highest BCUT2D eigenvalue weighted by atomic mass is 16.6. The van der Waals surface area contributed by atoms with Crippen LogP contribution in [0.15, 0.2) is 12.3 Å². The first-order chi connectivity index (χ1) is 8.82. The minimum Gasteiger partial charge on any atom is -0.478 e. The molecule has 0 radical (unpaired) electrons. The maximum absolute atomic E-state index is 11.1. The monoisotopic (exact) mass is 267 g/mol. The van der Waals surface area contributed by atoms with E-state index in [-0.39, 0.29) is 17.1 Å². The van der Waals surface area contributed by atoms with Gasteiger partial charge in [0.25, 0.3) is 5.69 Å². The van der Waals surface area contributed by atoms with Crippen molar-refractivity contribution in [3.8, 4) is 0 Å². The molecule has 0 fully saturated rings. The molecule has 0 spiro atoms. The normalized spacial score (nSPS) is 12.2. The number of carboxylic acids is 1. The van der Waals surface area contributed by atoms with Crippen molar-refractivity contribution in [3.63, 3.8) is 0 Å². The van der Waals surface area contributed by atoms with E-state index in [0.29, 0.717) is 18.4 Å². The van der Waals surface area contributed by atoms with Crippen LogP contribution < -0.4 is 5.32 Å². The maximum atomic E-state index is 11.1. The SMILES string of the molecule is CC(C)C(C)CNc1ncc([N+](=O)[O-])cc1C(=O)O. The van der Waals surface area contributed by atoms with Crippen molar-refractivity contribution in [3.05, 3.63) is 27.9 Å². The molecule has 1 atom stereocenters. The van der Waals surface area contributed by atoms with Gasteiger partial charge in [-0.2, -0.15) is 0 Å². The van der Waals surface area contributed by atoms with Crippen molar-refractivity contribution in [2.45, 2.75) is 20.8 Å². The number of hydrogen-bond acceptors (Lipinski definition) is 5. The Labute approximate surface area is 110 Å². The first kappa shape index (κ1) is 14.9. The van der Waals surface area contributed by atoms with Gasteiger partial charge >= 0.3 is 5.97 Å². The number of nitrogens with zero attached hydrogens (tertiary/aromatic N) is 2. The Bertz CT molecular complexity index is 488. The summed E-state index contributed by atoms with van der Waals surface area (Å²) in [5, 5.41) is 22.6. The molecule has 0 saturated heterocycles. The zero-order chi connectivity index (χ0) is 14.6. The lowest BCUT2D eigenvalue weighted by molar-refractivity contribution is -0.385. The Hall–Kier alpha value is -2.18. The van der Waals surface area contributed by atoms with Gasteiger partial charge in [-0.25, -0.2) is 9.78 Å². The molecule has 0 aliphatic rings. The minimum absolute atomic E-state index is 0.158. The third-order valence-electron chi connectivity index (χ3n) is 3.04. The lowest BCUT2D eigenvalue weighted by Crippen LogP contribution is -2.18. The number of carboxylic acid groups (broad SMARTS) is 1. The van der Waals surface area contributed by atoms with Gasteiger partial charge < -0.3 is 10.4 Å². The highest BCUT2D eigenvalue weighted by Crippen LogP contribution is 2.20.